The summed E-state index contributed by atoms with van der Waals surface area (Å²) in [7, 11) is 1.76. The van der Waals surface area contributed by atoms with Gasteiger partial charge in [0, 0.05) is 6.54 Å². The summed E-state index contributed by atoms with van der Waals surface area (Å²) >= 11 is 0. The molecule has 0 unspecified atom stereocenters. The molecule has 1 N–H and O–H groups in total. The molecule has 4 nitrogen and oxygen atoms in total. The lowest BCUT2D eigenvalue weighted by molar-refractivity contribution is 0.306. The number of rotatable bonds is 2. The van der Waals surface area contributed by atoms with E-state index in [2.05, 4.69) is 15.6 Å². The van der Waals surface area contributed by atoms with Crippen LogP contribution in [0.15, 0.2) is 6.20 Å². The number of nitrogens with one attached hydrogen (secondary N) is 1. The molecule has 0 aliphatic carbocycles. The van der Waals surface area contributed by atoms with Gasteiger partial charge < -0.3 is 5.32 Å². The first-order valence-corrected chi connectivity index (χ1v) is 2.55. The van der Waals surface area contributed by atoms with Crippen LogP contribution in [0.25, 0.3) is 0 Å². The fourth-order valence-corrected chi connectivity index (χ4v) is 0.537. The van der Waals surface area contributed by atoms with Gasteiger partial charge in [0.2, 0.25) is 0 Å². The predicted molar refractivity (Wildman–Crippen MR) is 29.3 cm³/mol. The maximum atomic E-state index is 12.0. The van der Waals surface area contributed by atoms with Crippen molar-refractivity contribution in [2.45, 2.75) is 6.54 Å². The Kier molecular flexibility index (Phi) is 1.74. The summed E-state index contributed by atoms with van der Waals surface area (Å²) in [5, 5.41) is 9.39. The fraction of sp³-hybridized carbons (Fsp3) is 0.500. The summed E-state index contributed by atoms with van der Waals surface area (Å²) in [6.07, 6.45) is 1.22. The summed E-state index contributed by atoms with van der Waals surface area (Å²) in [4.78, 5) is 0.187. The third kappa shape index (κ3) is 1.46. The van der Waals surface area contributed by atoms with Gasteiger partial charge in [-0.05, 0) is 12.3 Å². The Balaban J connectivity index is 2.61. The molecule has 0 saturated heterocycles. The van der Waals surface area contributed by atoms with Gasteiger partial charge >= 0.3 is 0 Å². The van der Waals surface area contributed by atoms with E-state index in [0.717, 1.165) is 0 Å². The number of hydrogen-bond donors (Lipinski definition) is 1. The second kappa shape index (κ2) is 2.54. The normalized spacial score (nSPS) is 10.0. The van der Waals surface area contributed by atoms with E-state index >= 15 is 0 Å². The molecule has 0 spiro atoms. The predicted octanol–water partition coefficient (Wildman–Crippen LogP) is -0.270. The van der Waals surface area contributed by atoms with Crippen LogP contribution in [0.3, 0.4) is 0 Å². The lowest BCUT2D eigenvalue weighted by Crippen LogP contribution is -2.04. The highest BCUT2D eigenvalue weighted by Gasteiger charge is 1.95. The first kappa shape index (κ1) is 6.15. The molecule has 0 bridgehead atoms. The van der Waals surface area contributed by atoms with Crippen molar-refractivity contribution in [2.24, 2.45) is 0 Å². The van der Waals surface area contributed by atoms with E-state index < -0.39 is 0 Å². The zero-order chi connectivity index (χ0) is 6.69. The van der Waals surface area contributed by atoms with Crippen LogP contribution in [0.1, 0.15) is 5.69 Å². The Morgan fingerprint density at radius 1 is 1.89 bits per heavy atom. The maximum absolute atomic E-state index is 12.0. The number of nitrogens with zero attached hydrogens (tertiary/aromatic N) is 3. The van der Waals surface area contributed by atoms with Crippen molar-refractivity contribution in [3.63, 3.8) is 0 Å². The van der Waals surface area contributed by atoms with E-state index in [1.807, 2.05) is 0 Å². The van der Waals surface area contributed by atoms with Gasteiger partial charge in [-0.25, -0.2) is 0 Å². The molecule has 0 atom stereocenters. The van der Waals surface area contributed by atoms with Gasteiger partial charge in [-0.15, -0.1) is 5.10 Å². The molecule has 5 heteroatoms. The van der Waals surface area contributed by atoms with Gasteiger partial charge in [-0.3, -0.25) is 0 Å². The molecule has 0 amide bonds. The van der Waals surface area contributed by atoms with Crippen molar-refractivity contribution >= 4 is 0 Å². The Bertz CT molecular complexity index is 184. The largest absolute Gasteiger partial charge is 0.314 e. The van der Waals surface area contributed by atoms with Crippen LogP contribution in [0.5, 0.6) is 0 Å². The van der Waals surface area contributed by atoms with E-state index in [-0.39, 0.29) is 4.90 Å². The van der Waals surface area contributed by atoms with Crippen molar-refractivity contribution in [1.82, 2.24) is 20.5 Å². The summed E-state index contributed by atoms with van der Waals surface area (Å²) in [6.45, 7) is 0.546. The molecule has 9 heavy (non-hydrogen) atoms. The standard InChI is InChI=1S/C4H7FN4/c1-6-2-4-3-9(5)8-7-4/h3,6H,2H2,1H3. The number of aromatic nitrogens is 3. The molecule has 1 rings (SSSR count). The highest BCUT2D eigenvalue weighted by molar-refractivity contribution is 4.89. The summed E-state index contributed by atoms with van der Waals surface area (Å²) < 4.78 is 12.0. The average Bonchev–Trinajstić information content (AvgIpc) is 2.17. The van der Waals surface area contributed by atoms with E-state index in [9.17, 15) is 4.48 Å². The van der Waals surface area contributed by atoms with E-state index in [0.29, 0.717) is 12.2 Å². The van der Waals surface area contributed by atoms with Gasteiger partial charge in [0.05, 0.1) is 11.9 Å². The van der Waals surface area contributed by atoms with Crippen molar-refractivity contribution in [2.75, 3.05) is 7.05 Å². The van der Waals surface area contributed by atoms with Crippen LogP contribution in [0.2, 0.25) is 0 Å². The summed E-state index contributed by atoms with van der Waals surface area (Å²) in [5.74, 6) is 0. The Labute approximate surface area is 51.6 Å². The number of halogens is 1. The monoisotopic (exact) mass is 130 g/mol. The zero-order valence-electron chi connectivity index (χ0n) is 5.00. The van der Waals surface area contributed by atoms with Crippen molar-refractivity contribution in [3.8, 4) is 0 Å². The average molecular weight is 130 g/mol. The molecule has 0 aliphatic heterocycles. The van der Waals surface area contributed by atoms with Crippen LogP contribution in [-0.4, -0.2) is 22.3 Å². The minimum absolute atomic E-state index is 0.187. The smallest absolute Gasteiger partial charge is 0.0995 e. The van der Waals surface area contributed by atoms with Crippen LogP contribution in [0.4, 0.5) is 4.48 Å². The van der Waals surface area contributed by atoms with Gasteiger partial charge in [-0.2, -0.15) is 0 Å². The lowest BCUT2D eigenvalue weighted by Gasteiger charge is -1.86. The molecule has 50 valence electrons. The maximum Gasteiger partial charge on any atom is 0.0995 e. The topological polar surface area (TPSA) is 42.7 Å². The summed E-state index contributed by atoms with van der Waals surface area (Å²) in [6, 6.07) is 0. The van der Waals surface area contributed by atoms with Crippen LogP contribution in [0, 0.1) is 0 Å². The molecular weight excluding hydrogens is 123 g/mol. The molecule has 0 saturated carbocycles. The Hall–Kier alpha value is -0.970. The van der Waals surface area contributed by atoms with E-state index in [4.69, 9.17) is 0 Å². The van der Waals surface area contributed by atoms with Crippen molar-refractivity contribution < 1.29 is 4.48 Å². The second-order valence-corrected chi connectivity index (χ2v) is 1.63. The first-order chi connectivity index (χ1) is 4.33. The highest BCUT2D eigenvalue weighted by atomic mass is 19.2. The van der Waals surface area contributed by atoms with Crippen LogP contribution < -0.4 is 5.32 Å². The molecular formula is C4H7FN4. The second-order valence-electron chi connectivity index (χ2n) is 1.63. The third-order valence-corrected chi connectivity index (χ3v) is 0.872. The van der Waals surface area contributed by atoms with Crippen LogP contribution in [-0.2, 0) is 6.54 Å². The third-order valence-electron chi connectivity index (χ3n) is 0.872. The molecule has 0 radical (unpaired) electrons. The minimum Gasteiger partial charge on any atom is -0.314 e. The van der Waals surface area contributed by atoms with Crippen molar-refractivity contribution in [1.29, 1.82) is 0 Å². The van der Waals surface area contributed by atoms with Gasteiger partial charge in [0.15, 0.2) is 0 Å². The minimum atomic E-state index is 0.187. The van der Waals surface area contributed by atoms with E-state index in [1.54, 1.807) is 7.05 Å². The fourth-order valence-electron chi connectivity index (χ4n) is 0.537. The van der Waals surface area contributed by atoms with Crippen LogP contribution >= 0.6 is 0 Å². The first-order valence-electron chi connectivity index (χ1n) is 2.55. The SMILES string of the molecule is CNCc1cn(F)nn1. The van der Waals surface area contributed by atoms with Gasteiger partial charge in [-0.1, -0.05) is 9.39 Å². The molecule has 0 aromatic carbocycles. The zero-order valence-corrected chi connectivity index (χ0v) is 5.00. The Morgan fingerprint density at radius 3 is 3.11 bits per heavy atom. The van der Waals surface area contributed by atoms with E-state index in [1.165, 1.54) is 6.20 Å². The number of hydrogen-bond acceptors (Lipinski definition) is 3. The van der Waals surface area contributed by atoms with Gasteiger partial charge in [0.1, 0.15) is 0 Å². The lowest BCUT2D eigenvalue weighted by atomic mass is 10.5. The Morgan fingerprint density at radius 2 is 2.67 bits per heavy atom. The highest BCUT2D eigenvalue weighted by Crippen LogP contribution is 1.89. The molecule has 1 aromatic heterocycles. The molecule has 0 aliphatic rings. The molecule has 1 aromatic rings. The summed E-state index contributed by atoms with van der Waals surface area (Å²) in [5.41, 5.74) is 0.597. The molecule has 0 fully saturated rings. The van der Waals surface area contributed by atoms with Gasteiger partial charge in [0.25, 0.3) is 0 Å². The van der Waals surface area contributed by atoms with Crippen molar-refractivity contribution in [3.05, 3.63) is 11.9 Å². The molecule has 1 heterocycles. The quantitative estimate of drug-likeness (QED) is 0.599.